The normalized spacial score (nSPS) is 11.0. The maximum atomic E-state index is 14.0. The summed E-state index contributed by atoms with van der Waals surface area (Å²) in [5.74, 6) is 0.621. The first-order valence-corrected chi connectivity index (χ1v) is 8.48. The van der Waals surface area contributed by atoms with E-state index in [4.69, 9.17) is 5.26 Å². The van der Waals surface area contributed by atoms with Crippen LogP contribution in [0.2, 0.25) is 0 Å². The van der Waals surface area contributed by atoms with E-state index < -0.39 is 0 Å². The van der Waals surface area contributed by atoms with Gasteiger partial charge in [0.1, 0.15) is 11.6 Å². The minimum atomic E-state index is -0.293. The number of anilines is 2. The molecule has 1 heterocycles. The molecule has 0 aliphatic carbocycles. The Balaban J connectivity index is 2.19. The smallest absolute Gasteiger partial charge is 0.139 e. The average molecular weight is 386 g/mol. The van der Waals surface area contributed by atoms with E-state index in [2.05, 4.69) is 45.7 Å². The van der Waals surface area contributed by atoms with Gasteiger partial charge in [-0.25, -0.2) is 4.39 Å². The summed E-state index contributed by atoms with van der Waals surface area (Å²) in [7, 11) is 0. The number of aryl methyl sites for hydroxylation is 1. The molecule has 3 nitrogen and oxygen atoms in total. The minimum Gasteiger partial charge on any atom is -0.341 e. The highest BCUT2D eigenvalue weighted by atomic mass is 79.9. The summed E-state index contributed by atoms with van der Waals surface area (Å²) < 4.78 is 14.4. The van der Waals surface area contributed by atoms with Crippen LogP contribution in [0.25, 0.3) is 10.9 Å². The number of aromatic nitrogens is 1. The van der Waals surface area contributed by atoms with Gasteiger partial charge in [-0.2, -0.15) is 5.26 Å². The summed E-state index contributed by atoms with van der Waals surface area (Å²) in [6.07, 6.45) is 0. The van der Waals surface area contributed by atoms with E-state index >= 15 is 0 Å². The highest BCUT2D eigenvalue weighted by Gasteiger charge is 2.20. The molecule has 0 saturated heterocycles. The second kappa shape index (κ2) is 6.29. The first-order valence-electron chi connectivity index (χ1n) is 7.69. The van der Waals surface area contributed by atoms with Crippen molar-refractivity contribution in [3.05, 3.63) is 57.8 Å². The highest BCUT2D eigenvalue weighted by molar-refractivity contribution is 9.10. The van der Waals surface area contributed by atoms with Gasteiger partial charge in [0, 0.05) is 22.6 Å². The minimum absolute atomic E-state index is 0.132. The molecule has 1 N–H and O–H groups in total. The third-order valence-corrected chi connectivity index (χ3v) is 4.74. The molecule has 5 heteroatoms. The van der Waals surface area contributed by atoms with Gasteiger partial charge in [0.25, 0.3) is 0 Å². The van der Waals surface area contributed by atoms with Crippen molar-refractivity contribution in [2.24, 2.45) is 0 Å². The van der Waals surface area contributed by atoms with Crippen LogP contribution >= 0.6 is 15.9 Å². The van der Waals surface area contributed by atoms with Crippen LogP contribution in [0.1, 0.15) is 25.0 Å². The zero-order valence-corrected chi connectivity index (χ0v) is 15.3. The molecule has 24 heavy (non-hydrogen) atoms. The van der Waals surface area contributed by atoms with Gasteiger partial charge in [-0.1, -0.05) is 6.07 Å². The molecule has 0 unspecified atom stereocenters. The van der Waals surface area contributed by atoms with Gasteiger partial charge in [0.05, 0.1) is 16.1 Å². The number of H-pyrrole nitrogens is 1. The maximum Gasteiger partial charge on any atom is 0.139 e. The van der Waals surface area contributed by atoms with Crippen LogP contribution in [0.4, 0.5) is 15.9 Å². The summed E-state index contributed by atoms with van der Waals surface area (Å²) in [6.45, 7) is 6.15. The van der Waals surface area contributed by atoms with Gasteiger partial charge < -0.3 is 9.88 Å². The molecule has 0 spiro atoms. The predicted octanol–water partition coefficient (Wildman–Crippen LogP) is 5.80. The second-order valence-electron chi connectivity index (χ2n) is 6.03. The van der Waals surface area contributed by atoms with Gasteiger partial charge >= 0.3 is 0 Å². The van der Waals surface area contributed by atoms with Crippen LogP contribution in [0.15, 0.2) is 40.9 Å². The molecule has 0 aliphatic rings. The highest BCUT2D eigenvalue weighted by Crippen LogP contribution is 2.35. The van der Waals surface area contributed by atoms with Crippen LogP contribution in [-0.4, -0.2) is 11.0 Å². The number of nitrogens with one attached hydrogen (secondary N) is 1. The Morgan fingerprint density at radius 3 is 2.58 bits per heavy atom. The fourth-order valence-electron chi connectivity index (χ4n) is 2.95. The van der Waals surface area contributed by atoms with Crippen molar-refractivity contribution in [1.82, 2.24) is 4.98 Å². The molecular formula is C19H17BrFN3. The Bertz CT molecular complexity index is 953. The number of nitrogens with zero attached hydrogens (tertiary/aromatic N) is 2. The summed E-state index contributed by atoms with van der Waals surface area (Å²) in [5.41, 5.74) is 3.37. The Labute approximate surface area is 148 Å². The van der Waals surface area contributed by atoms with Crippen LogP contribution < -0.4 is 4.90 Å². The van der Waals surface area contributed by atoms with Crippen molar-refractivity contribution in [2.75, 3.05) is 4.90 Å². The first kappa shape index (κ1) is 16.5. The number of rotatable bonds is 3. The molecule has 0 bridgehead atoms. The molecule has 0 fully saturated rings. The molecule has 0 saturated carbocycles. The summed E-state index contributed by atoms with van der Waals surface area (Å²) in [6, 6.07) is 13.0. The SMILES string of the molecule is Cc1c(N(c2ccc(Br)c(F)c2)C(C)C)[nH]c2cc(C#N)ccc12. The van der Waals surface area contributed by atoms with Crippen LogP contribution in [0.3, 0.4) is 0 Å². The molecule has 0 aliphatic heterocycles. The zero-order chi connectivity index (χ0) is 17.4. The van der Waals surface area contributed by atoms with Crippen LogP contribution in [0.5, 0.6) is 0 Å². The van der Waals surface area contributed by atoms with Crippen molar-refractivity contribution in [3.8, 4) is 6.07 Å². The van der Waals surface area contributed by atoms with E-state index in [1.54, 1.807) is 6.07 Å². The molecule has 3 aromatic rings. The Hall–Kier alpha value is -2.32. The van der Waals surface area contributed by atoms with Crippen molar-refractivity contribution in [3.63, 3.8) is 0 Å². The summed E-state index contributed by atoms with van der Waals surface area (Å²) in [4.78, 5) is 5.46. The van der Waals surface area contributed by atoms with Crippen LogP contribution in [0, 0.1) is 24.1 Å². The fourth-order valence-corrected chi connectivity index (χ4v) is 3.20. The van der Waals surface area contributed by atoms with E-state index in [1.165, 1.54) is 6.07 Å². The van der Waals surface area contributed by atoms with E-state index in [-0.39, 0.29) is 11.9 Å². The zero-order valence-electron chi connectivity index (χ0n) is 13.7. The maximum absolute atomic E-state index is 14.0. The predicted molar refractivity (Wildman–Crippen MR) is 99.1 cm³/mol. The topological polar surface area (TPSA) is 42.8 Å². The van der Waals surface area contributed by atoms with Gasteiger partial charge in [0.2, 0.25) is 0 Å². The monoisotopic (exact) mass is 385 g/mol. The number of hydrogen-bond donors (Lipinski definition) is 1. The molecule has 122 valence electrons. The number of fused-ring (bicyclic) bond motifs is 1. The van der Waals surface area contributed by atoms with Gasteiger partial charge in [-0.3, -0.25) is 0 Å². The molecule has 2 aromatic carbocycles. The van der Waals surface area contributed by atoms with E-state index in [1.807, 2.05) is 31.2 Å². The van der Waals surface area contributed by atoms with Gasteiger partial charge in [-0.05, 0) is 72.6 Å². The Kier molecular flexibility index (Phi) is 4.33. The fraction of sp³-hybridized carbons (Fsp3) is 0.211. The standard InChI is InChI=1S/C19H17BrFN3/c1-11(2)24(14-5-7-16(20)17(21)9-14)19-12(3)15-6-4-13(10-22)8-18(15)23-19/h4-9,11,23H,1-3H3. The third-order valence-electron chi connectivity index (χ3n) is 4.10. The van der Waals surface area contributed by atoms with E-state index in [0.717, 1.165) is 28.0 Å². The average Bonchev–Trinajstić information content (AvgIpc) is 2.87. The summed E-state index contributed by atoms with van der Waals surface area (Å²) >= 11 is 3.20. The van der Waals surface area contributed by atoms with E-state index in [0.29, 0.717) is 10.0 Å². The number of aromatic amines is 1. The van der Waals surface area contributed by atoms with Crippen molar-refractivity contribution in [1.29, 1.82) is 5.26 Å². The largest absolute Gasteiger partial charge is 0.341 e. The lowest BCUT2D eigenvalue weighted by molar-refractivity contribution is 0.620. The van der Waals surface area contributed by atoms with Crippen molar-refractivity contribution in [2.45, 2.75) is 26.8 Å². The summed E-state index contributed by atoms with van der Waals surface area (Å²) in [5, 5.41) is 10.1. The first-order chi connectivity index (χ1) is 11.4. The lowest BCUT2D eigenvalue weighted by Crippen LogP contribution is -2.26. The van der Waals surface area contributed by atoms with E-state index in [9.17, 15) is 4.39 Å². The lowest BCUT2D eigenvalue weighted by atomic mass is 10.1. The quantitative estimate of drug-likeness (QED) is 0.619. The number of halogens is 2. The van der Waals surface area contributed by atoms with Crippen molar-refractivity contribution < 1.29 is 4.39 Å². The Morgan fingerprint density at radius 1 is 1.21 bits per heavy atom. The molecule has 0 atom stereocenters. The number of benzene rings is 2. The number of hydrogen-bond acceptors (Lipinski definition) is 2. The second-order valence-corrected chi connectivity index (χ2v) is 6.89. The molecule has 3 rings (SSSR count). The molecule has 1 aromatic heterocycles. The van der Waals surface area contributed by atoms with Gasteiger partial charge in [-0.15, -0.1) is 0 Å². The lowest BCUT2D eigenvalue weighted by Gasteiger charge is -2.28. The van der Waals surface area contributed by atoms with Crippen LogP contribution in [-0.2, 0) is 0 Å². The van der Waals surface area contributed by atoms with Crippen molar-refractivity contribution >= 4 is 38.3 Å². The third kappa shape index (κ3) is 2.78. The molecule has 0 amide bonds. The van der Waals surface area contributed by atoms with Gasteiger partial charge in [0.15, 0.2) is 0 Å². The number of nitriles is 1. The molecular weight excluding hydrogens is 369 g/mol. The molecule has 0 radical (unpaired) electrons. The Morgan fingerprint density at radius 2 is 1.96 bits per heavy atom.